The van der Waals surface area contributed by atoms with Crippen LogP contribution in [-0.4, -0.2) is 22.2 Å². The first-order valence-electron chi connectivity index (χ1n) is 12.7. The van der Waals surface area contributed by atoms with Gasteiger partial charge >= 0.3 is 0 Å². The van der Waals surface area contributed by atoms with Crippen LogP contribution in [-0.2, 0) is 7.05 Å². The van der Waals surface area contributed by atoms with E-state index in [1.54, 1.807) is 4.68 Å². The minimum atomic E-state index is -0.00755. The van der Waals surface area contributed by atoms with Gasteiger partial charge in [-0.25, -0.2) is 0 Å². The van der Waals surface area contributed by atoms with Crippen LogP contribution in [0.25, 0.3) is 0 Å². The van der Waals surface area contributed by atoms with Crippen molar-refractivity contribution in [2.24, 2.45) is 53.9 Å². The molecule has 0 bridgehead atoms. The summed E-state index contributed by atoms with van der Waals surface area (Å²) in [4.78, 5) is 12.6. The van der Waals surface area contributed by atoms with E-state index in [0.29, 0.717) is 17.0 Å². The van der Waals surface area contributed by atoms with Crippen molar-refractivity contribution in [3.05, 3.63) is 18.0 Å². The summed E-state index contributed by atoms with van der Waals surface area (Å²) in [5, 5.41) is 7.52. The molecular formula is C26H41N3O. The second kappa shape index (κ2) is 7.98. The van der Waals surface area contributed by atoms with Crippen molar-refractivity contribution < 1.29 is 4.79 Å². The molecule has 1 heterocycles. The summed E-state index contributed by atoms with van der Waals surface area (Å²) < 4.78 is 1.70. The summed E-state index contributed by atoms with van der Waals surface area (Å²) in [6, 6.07) is 1.81. The molecular weight excluding hydrogens is 370 g/mol. The van der Waals surface area contributed by atoms with Gasteiger partial charge in [0.15, 0.2) is 0 Å². The van der Waals surface area contributed by atoms with Crippen LogP contribution in [0, 0.1) is 46.8 Å². The molecule has 0 aromatic carbocycles. The number of aromatic nitrogens is 2. The van der Waals surface area contributed by atoms with Gasteiger partial charge < -0.3 is 5.32 Å². The number of hydrogen-bond acceptors (Lipinski definition) is 2. The van der Waals surface area contributed by atoms with E-state index in [4.69, 9.17) is 0 Å². The lowest BCUT2D eigenvalue weighted by Crippen LogP contribution is -2.54. The Morgan fingerprint density at radius 1 is 1.13 bits per heavy atom. The number of nitrogens with one attached hydrogen (secondary N) is 1. The molecule has 0 aliphatic heterocycles. The van der Waals surface area contributed by atoms with E-state index in [9.17, 15) is 4.79 Å². The summed E-state index contributed by atoms with van der Waals surface area (Å²) in [6.45, 7) is 5.88. The van der Waals surface area contributed by atoms with E-state index in [0.717, 1.165) is 42.1 Å². The molecule has 8 atom stereocenters. The minimum Gasteiger partial charge on any atom is -0.350 e. The quantitative estimate of drug-likeness (QED) is 0.719. The Morgan fingerprint density at radius 2 is 1.97 bits per heavy atom. The summed E-state index contributed by atoms with van der Waals surface area (Å²) in [5.74, 6) is 6.44. The maximum absolute atomic E-state index is 12.6. The number of aryl methyl sites for hydroxylation is 1. The predicted molar refractivity (Wildman–Crippen MR) is 120 cm³/mol. The van der Waals surface area contributed by atoms with E-state index < -0.39 is 0 Å². The molecule has 4 aliphatic rings. The number of carbonyl (C=O) groups is 1. The number of rotatable bonds is 3. The lowest BCUT2D eigenvalue weighted by atomic mass is 9.45. The third kappa shape index (κ3) is 3.52. The van der Waals surface area contributed by atoms with Crippen LogP contribution in [0.15, 0.2) is 12.3 Å². The van der Waals surface area contributed by atoms with Gasteiger partial charge in [-0.2, -0.15) is 5.10 Å². The van der Waals surface area contributed by atoms with Crippen molar-refractivity contribution in [1.29, 1.82) is 0 Å². The molecule has 1 aromatic heterocycles. The van der Waals surface area contributed by atoms with Gasteiger partial charge in [-0.15, -0.1) is 0 Å². The van der Waals surface area contributed by atoms with Gasteiger partial charge in [0.05, 0.1) is 0 Å². The molecule has 4 aliphatic carbocycles. The van der Waals surface area contributed by atoms with Crippen LogP contribution in [0.1, 0.15) is 88.5 Å². The topological polar surface area (TPSA) is 46.9 Å². The Hall–Kier alpha value is -1.32. The summed E-state index contributed by atoms with van der Waals surface area (Å²) >= 11 is 0. The third-order valence-corrected chi connectivity index (χ3v) is 10.1. The van der Waals surface area contributed by atoms with Crippen LogP contribution in [0.5, 0.6) is 0 Å². The Balaban J connectivity index is 1.27. The fraction of sp³-hybridized carbons (Fsp3) is 0.846. The van der Waals surface area contributed by atoms with Crippen molar-refractivity contribution >= 4 is 5.91 Å². The number of fused-ring (bicyclic) bond motifs is 5. The van der Waals surface area contributed by atoms with Gasteiger partial charge in [0.2, 0.25) is 0 Å². The first-order chi connectivity index (χ1) is 14.5. The Morgan fingerprint density at radius 3 is 2.77 bits per heavy atom. The molecule has 0 spiro atoms. The molecule has 4 fully saturated rings. The number of hydrogen-bond donors (Lipinski definition) is 1. The molecule has 5 rings (SSSR count). The molecule has 0 unspecified atom stereocenters. The summed E-state index contributed by atoms with van der Waals surface area (Å²) in [5.41, 5.74) is 0.953. The average Bonchev–Trinajstić information content (AvgIpc) is 3.17. The summed E-state index contributed by atoms with van der Waals surface area (Å²) in [6.07, 6.45) is 16.1. The highest BCUT2D eigenvalue weighted by molar-refractivity contribution is 5.92. The largest absolute Gasteiger partial charge is 0.350 e. The van der Waals surface area contributed by atoms with Crippen molar-refractivity contribution in [1.82, 2.24) is 15.1 Å². The fourth-order valence-corrected chi connectivity index (χ4v) is 8.58. The van der Waals surface area contributed by atoms with Crippen molar-refractivity contribution in [3.63, 3.8) is 0 Å². The van der Waals surface area contributed by atoms with Crippen LogP contribution in [0.2, 0.25) is 0 Å². The van der Waals surface area contributed by atoms with Crippen molar-refractivity contribution in [3.8, 4) is 0 Å². The highest BCUT2D eigenvalue weighted by Crippen LogP contribution is 2.62. The summed E-state index contributed by atoms with van der Waals surface area (Å²) in [7, 11) is 1.86. The second-order valence-corrected chi connectivity index (χ2v) is 11.6. The molecule has 4 heteroatoms. The standard InChI is InChI=1S/C26H41N3O/c1-17-7-9-20-18(15-17)8-10-22-21(20)11-13-26(2)19(5-4-6-23(22)26)16-27-25(30)24-12-14-29(3)28-24/h12,14,17-23H,4-11,13,15-16H2,1-3H3,(H,27,30)/t17-,18+,19+,20-,21+,22+,23-,26+/m0/s1. The average molecular weight is 412 g/mol. The highest BCUT2D eigenvalue weighted by atomic mass is 16.1. The normalized spacial score (nSPS) is 43.2. The molecule has 0 saturated heterocycles. The zero-order valence-corrected chi connectivity index (χ0v) is 19.3. The van der Waals surface area contributed by atoms with Gasteiger partial charge in [0.25, 0.3) is 5.91 Å². The maximum Gasteiger partial charge on any atom is 0.271 e. The lowest BCUT2D eigenvalue weighted by Gasteiger charge is -2.60. The van der Waals surface area contributed by atoms with Gasteiger partial charge in [-0.05, 0) is 104 Å². The molecule has 4 nitrogen and oxygen atoms in total. The molecule has 1 aromatic rings. The van der Waals surface area contributed by atoms with Crippen LogP contribution < -0.4 is 5.32 Å². The van der Waals surface area contributed by atoms with Gasteiger partial charge in [0, 0.05) is 19.8 Å². The lowest BCUT2D eigenvalue weighted by molar-refractivity contribution is -0.108. The van der Waals surface area contributed by atoms with Crippen LogP contribution in [0.3, 0.4) is 0 Å². The van der Waals surface area contributed by atoms with Crippen LogP contribution in [0.4, 0.5) is 0 Å². The smallest absolute Gasteiger partial charge is 0.271 e. The molecule has 30 heavy (non-hydrogen) atoms. The van der Waals surface area contributed by atoms with Crippen molar-refractivity contribution in [2.45, 2.75) is 78.1 Å². The van der Waals surface area contributed by atoms with E-state index in [2.05, 4.69) is 24.3 Å². The molecule has 4 saturated carbocycles. The first kappa shape index (κ1) is 20.6. The van der Waals surface area contributed by atoms with Gasteiger partial charge in [-0.1, -0.05) is 26.7 Å². The number of carbonyl (C=O) groups excluding carboxylic acids is 1. The van der Waals surface area contributed by atoms with E-state index in [-0.39, 0.29) is 5.91 Å². The molecule has 1 N–H and O–H groups in total. The third-order valence-electron chi connectivity index (χ3n) is 10.1. The fourth-order valence-electron chi connectivity index (χ4n) is 8.58. The molecule has 0 radical (unpaired) electrons. The van der Waals surface area contributed by atoms with E-state index in [1.807, 2.05) is 19.3 Å². The Bertz CT molecular complexity index is 772. The Labute approximate surface area is 182 Å². The molecule has 1 amide bonds. The molecule has 166 valence electrons. The Kier molecular flexibility index (Phi) is 5.48. The zero-order valence-electron chi connectivity index (χ0n) is 19.3. The number of amides is 1. The van der Waals surface area contributed by atoms with Crippen LogP contribution >= 0.6 is 0 Å². The van der Waals surface area contributed by atoms with Gasteiger partial charge in [0.1, 0.15) is 5.69 Å². The minimum absolute atomic E-state index is 0.00755. The first-order valence-corrected chi connectivity index (χ1v) is 12.7. The highest BCUT2D eigenvalue weighted by Gasteiger charge is 2.55. The predicted octanol–water partition coefficient (Wildman–Crippen LogP) is 5.44. The number of nitrogens with zero attached hydrogens (tertiary/aromatic N) is 2. The van der Waals surface area contributed by atoms with Gasteiger partial charge in [-0.3, -0.25) is 9.48 Å². The van der Waals surface area contributed by atoms with E-state index in [1.165, 1.54) is 64.2 Å². The van der Waals surface area contributed by atoms with E-state index >= 15 is 0 Å². The monoisotopic (exact) mass is 411 g/mol. The maximum atomic E-state index is 12.6. The second-order valence-electron chi connectivity index (χ2n) is 11.6. The SMILES string of the molecule is C[C@H]1CC[C@H]2[C@H](CC[C@@H]3[C@@H]2CC[C@]2(C)[C@@H](CNC(=O)c4ccn(C)n4)CCC[C@@H]32)C1. The zero-order chi connectivity index (χ0) is 20.9. The van der Waals surface area contributed by atoms with Crippen molar-refractivity contribution in [2.75, 3.05) is 6.54 Å².